The van der Waals surface area contributed by atoms with Gasteiger partial charge in [-0.3, -0.25) is 0 Å². The van der Waals surface area contributed by atoms with Crippen LogP contribution in [0.3, 0.4) is 0 Å². The van der Waals surface area contributed by atoms with Gasteiger partial charge in [0.15, 0.2) is 9.84 Å². The van der Waals surface area contributed by atoms with Crippen LogP contribution in [0.15, 0.2) is 23.1 Å². The van der Waals surface area contributed by atoms with E-state index in [1.54, 1.807) is 0 Å². The number of nitrogens with two attached hydrogens (primary N) is 1. The molecule has 0 bridgehead atoms. The van der Waals surface area contributed by atoms with Crippen LogP contribution in [-0.2, 0) is 9.84 Å². The SMILES string of the molecule is CCCCCS(=O)(=O)c1ccc(N)cc1F. The van der Waals surface area contributed by atoms with Gasteiger partial charge in [0, 0.05) is 5.69 Å². The zero-order valence-corrected chi connectivity index (χ0v) is 10.1. The Morgan fingerprint density at radius 2 is 2.00 bits per heavy atom. The third-order valence-corrected chi connectivity index (χ3v) is 4.13. The monoisotopic (exact) mass is 245 g/mol. The van der Waals surface area contributed by atoms with Crippen LogP contribution in [0.25, 0.3) is 0 Å². The Balaban J connectivity index is 2.90. The minimum atomic E-state index is -3.51. The summed E-state index contributed by atoms with van der Waals surface area (Å²) in [5.41, 5.74) is 5.58. The van der Waals surface area contributed by atoms with E-state index in [9.17, 15) is 12.8 Å². The summed E-state index contributed by atoms with van der Waals surface area (Å²) in [6.45, 7) is 1.98. The summed E-state index contributed by atoms with van der Waals surface area (Å²) in [5.74, 6) is -0.779. The fourth-order valence-corrected chi connectivity index (χ4v) is 2.86. The molecule has 1 aromatic carbocycles. The van der Waals surface area contributed by atoms with Crippen LogP contribution in [-0.4, -0.2) is 14.2 Å². The predicted octanol–water partition coefficient (Wildman–Crippen LogP) is 2.37. The number of benzene rings is 1. The van der Waals surface area contributed by atoms with Crippen molar-refractivity contribution in [3.63, 3.8) is 0 Å². The number of unbranched alkanes of at least 4 members (excludes halogenated alkanes) is 2. The summed E-state index contributed by atoms with van der Waals surface area (Å²) in [6.07, 6.45) is 2.32. The molecule has 0 aliphatic rings. The lowest BCUT2D eigenvalue weighted by Crippen LogP contribution is -2.09. The molecule has 5 heteroatoms. The van der Waals surface area contributed by atoms with Gasteiger partial charge in [0.1, 0.15) is 10.7 Å². The maximum absolute atomic E-state index is 13.4. The molecule has 1 rings (SSSR count). The number of halogens is 1. The Labute approximate surface area is 95.4 Å². The van der Waals surface area contributed by atoms with E-state index in [0.717, 1.165) is 18.9 Å². The van der Waals surface area contributed by atoms with Gasteiger partial charge in [-0.15, -0.1) is 0 Å². The molecule has 16 heavy (non-hydrogen) atoms. The lowest BCUT2D eigenvalue weighted by Gasteiger charge is -2.05. The zero-order valence-electron chi connectivity index (χ0n) is 9.24. The van der Waals surface area contributed by atoms with Crippen LogP contribution in [0.2, 0.25) is 0 Å². The summed E-state index contributed by atoms with van der Waals surface area (Å²) in [7, 11) is -3.51. The summed E-state index contributed by atoms with van der Waals surface area (Å²) < 4.78 is 36.9. The summed E-state index contributed by atoms with van der Waals surface area (Å²) in [6, 6.07) is 3.66. The average Bonchev–Trinajstić information content (AvgIpc) is 2.17. The molecule has 0 aliphatic carbocycles. The summed E-state index contributed by atoms with van der Waals surface area (Å²) in [5, 5.41) is 0. The minimum absolute atomic E-state index is 0.0122. The van der Waals surface area contributed by atoms with Gasteiger partial charge in [0.25, 0.3) is 0 Å². The number of sulfone groups is 1. The van der Waals surface area contributed by atoms with E-state index in [1.165, 1.54) is 12.1 Å². The maximum atomic E-state index is 13.4. The quantitative estimate of drug-likeness (QED) is 0.640. The highest BCUT2D eigenvalue weighted by Gasteiger charge is 2.18. The van der Waals surface area contributed by atoms with Gasteiger partial charge in [-0.25, -0.2) is 12.8 Å². The molecule has 2 N–H and O–H groups in total. The first kappa shape index (κ1) is 13.0. The maximum Gasteiger partial charge on any atom is 0.181 e. The molecule has 0 fully saturated rings. The van der Waals surface area contributed by atoms with Crippen LogP contribution in [0.1, 0.15) is 26.2 Å². The second kappa shape index (κ2) is 5.30. The van der Waals surface area contributed by atoms with Crippen LogP contribution < -0.4 is 5.73 Å². The van der Waals surface area contributed by atoms with Crippen LogP contribution >= 0.6 is 0 Å². The zero-order chi connectivity index (χ0) is 12.2. The largest absolute Gasteiger partial charge is 0.399 e. The molecule has 0 radical (unpaired) electrons. The molecule has 0 saturated heterocycles. The Kier molecular flexibility index (Phi) is 4.29. The van der Waals surface area contributed by atoms with Crippen LogP contribution in [0.5, 0.6) is 0 Å². The first-order valence-corrected chi connectivity index (χ1v) is 6.90. The lowest BCUT2D eigenvalue weighted by molar-refractivity contribution is 0.564. The fourth-order valence-electron chi connectivity index (χ4n) is 1.42. The van der Waals surface area contributed by atoms with E-state index in [0.29, 0.717) is 6.42 Å². The highest BCUT2D eigenvalue weighted by molar-refractivity contribution is 7.91. The van der Waals surface area contributed by atoms with E-state index < -0.39 is 15.7 Å². The van der Waals surface area contributed by atoms with Gasteiger partial charge in [-0.2, -0.15) is 0 Å². The smallest absolute Gasteiger partial charge is 0.181 e. The summed E-state index contributed by atoms with van der Waals surface area (Å²) >= 11 is 0. The number of hydrogen-bond donors (Lipinski definition) is 1. The lowest BCUT2D eigenvalue weighted by atomic mass is 10.3. The van der Waals surface area contributed by atoms with Crippen LogP contribution in [0, 0.1) is 5.82 Å². The fraction of sp³-hybridized carbons (Fsp3) is 0.455. The van der Waals surface area contributed by atoms with Crippen molar-refractivity contribution in [1.29, 1.82) is 0 Å². The van der Waals surface area contributed by atoms with Crippen molar-refractivity contribution in [3.8, 4) is 0 Å². The number of anilines is 1. The van der Waals surface area contributed by atoms with Gasteiger partial charge in [-0.05, 0) is 24.6 Å². The molecule has 0 heterocycles. The third kappa shape index (κ3) is 3.20. The Morgan fingerprint density at radius 3 is 2.56 bits per heavy atom. The van der Waals surface area contributed by atoms with E-state index in [4.69, 9.17) is 5.73 Å². The standard InChI is InChI=1S/C11H16FNO2S/c1-2-3-4-7-16(14,15)11-6-5-9(13)8-10(11)12/h5-6,8H,2-4,7,13H2,1H3. The van der Waals surface area contributed by atoms with E-state index in [1.807, 2.05) is 6.92 Å². The predicted molar refractivity (Wildman–Crippen MR) is 62.4 cm³/mol. The van der Waals surface area contributed by atoms with Crippen molar-refractivity contribution < 1.29 is 12.8 Å². The van der Waals surface area contributed by atoms with Gasteiger partial charge in [0.2, 0.25) is 0 Å². The highest BCUT2D eigenvalue weighted by atomic mass is 32.2. The molecule has 1 aromatic rings. The minimum Gasteiger partial charge on any atom is -0.399 e. The Hall–Kier alpha value is -1.10. The summed E-state index contributed by atoms with van der Waals surface area (Å²) in [4.78, 5) is -0.252. The van der Waals surface area contributed by atoms with Gasteiger partial charge in [0.05, 0.1) is 5.75 Å². The molecule has 3 nitrogen and oxygen atoms in total. The second-order valence-corrected chi connectivity index (χ2v) is 5.79. The number of nitrogen functional groups attached to an aromatic ring is 1. The molecule has 0 amide bonds. The van der Waals surface area contributed by atoms with Crippen LogP contribution in [0.4, 0.5) is 10.1 Å². The van der Waals surface area contributed by atoms with Crippen molar-refractivity contribution in [1.82, 2.24) is 0 Å². The molecule has 0 aromatic heterocycles. The van der Waals surface area contributed by atoms with Crippen molar-refractivity contribution in [2.45, 2.75) is 31.1 Å². The van der Waals surface area contributed by atoms with Gasteiger partial charge >= 0.3 is 0 Å². The molecule has 90 valence electrons. The molecule has 0 saturated carbocycles. The molecular formula is C11H16FNO2S. The van der Waals surface area contributed by atoms with Crippen molar-refractivity contribution in [2.75, 3.05) is 11.5 Å². The molecule has 0 aliphatic heterocycles. The molecule has 0 atom stereocenters. The topological polar surface area (TPSA) is 60.2 Å². The molecule has 0 spiro atoms. The number of hydrogen-bond acceptors (Lipinski definition) is 3. The van der Waals surface area contributed by atoms with Crippen molar-refractivity contribution >= 4 is 15.5 Å². The van der Waals surface area contributed by atoms with Crippen molar-refractivity contribution in [2.24, 2.45) is 0 Å². The molecule has 0 unspecified atom stereocenters. The van der Waals surface area contributed by atoms with E-state index in [2.05, 4.69) is 0 Å². The second-order valence-electron chi connectivity index (χ2n) is 3.72. The van der Waals surface area contributed by atoms with Gasteiger partial charge in [-0.1, -0.05) is 19.8 Å². The first-order chi connectivity index (χ1) is 7.47. The van der Waals surface area contributed by atoms with E-state index >= 15 is 0 Å². The highest BCUT2D eigenvalue weighted by Crippen LogP contribution is 2.19. The molecular weight excluding hydrogens is 229 g/mol. The number of rotatable bonds is 5. The van der Waals surface area contributed by atoms with Crippen molar-refractivity contribution in [3.05, 3.63) is 24.0 Å². The van der Waals surface area contributed by atoms with E-state index in [-0.39, 0.29) is 16.3 Å². The Morgan fingerprint density at radius 1 is 1.31 bits per heavy atom. The normalized spacial score (nSPS) is 11.6. The Bertz CT molecular complexity index is 457. The first-order valence-electron chi connectivity index (χ1n) is 5.25. The third-order valence-electron chi connectivity index (χ3n) is 2.31. The van der Waals surface area contributed by atoms with Gasteiger partial charge < -0.3 is 5.73 Å². The average molecular weight is 245 g/mol.